The van der Waals surface area contributed by atoms with Crippen molar-refractivity contribution < 1.29 is 5.11 Å². The van der Waals surface area contributed by atoms with Crippen LogP contribution in [0.3, 0.4) is 0 Å². The van der Waals surface area contributed by atoms with Crippen LogP contribution in [0.15, 0.2) is 0 Å². The molecule has 1 atom stereocenters. The Hall–Kier alpha value is -0.120. The van der Waals surface area contributed by atoms with Gasteiger partial charge in [0.1, 0.15) is 0 Å². The predicted octanol–water partition coefficient (Wildman–Crippen LogP) is 0.182. The van der Waals surface area contributed by atoms with Gasteiger partial charge in [-0.3, -0.25) is 0 Å². The molecule has 3 heterocycles. The summed E-state index contributed by atoms with van der Waals surface area (Å²) in [4.78, 5) is 2.50. The second-order valence-corrected chi connectivity index (χ2v) is 4.57. The summed E-state index contributed by atoms with van der Waals surface area (Å²) in [6.45, 7) is 3.81. The van der Waals surface area contributed by atoms with E-state index in [0.717, 1.165) is 19.4 Å². The molecule has 0 aliphatic carbocycles. The van der Waals surface area contributed by atoms with Crippen LogP contribution in [0.25, 0.3) is 0 Å². The molecule has 3 rings (SSSR count). The SMILES string of the molecule is NC1(CCO)CCN2CCC1CC2. The number of nitrogens with two attached hydrogens (primary N) is 1. The molecule has 3 heteroatoms. The second kappa shape index (κ2) is 3.56. The first-order chi connectivity index (χ1) is 6.24. The van der Waals surface area contributed by atoms with E-state index in [0.29, 0.717) is 5.92 Å². The number of nitrogens with zero attached hydrogens (tertiary/aromatic N) is 1. The molecule has 0 aromatic heterocycles. The average Bonchev–Trinajstić information content (AvgIpc) is 2.38. The number of hydrogen-bond donors (Lipinski definition) is 2. The first-order valence-electron chi connectivity index (χ1n) is 5.37. The Bertz CT molecular complexity index is 178. The number of piperidine rings is 1. The molecule has 3 N–H and O–H groups in total. The molecule has 3 saturated heterocycles. The van der Waals surface area contributed by atoms with Gasteiger partial charge in [-0.15, -0.1) is 0 Å². The summed E-state index contributed by atoms with van der Waals surface area (Å²) < 4.78 is 0. The molecule has 3 nitrogen and oxygen atoms in total. The number of rotatable bonds is 2. The Kier molecular flexibility index (Phi) is 2.58. The lowest BCUT2D eigenvalue weighted by Crippen LogP contribution is -2.48. The van der Waals surface area contributed by atoms with Crippen molar-refractivity contribution in [2.24, 2.45) is 11.7 Å². The van der Waals surface area contributed by atoms with Gasteiger partial charge in [-0.05, 0) is 51.2 Å². The zero-order chi connectivity index (χ0) is 9.31. The Labute approximate surface area is 79.9 Å². The van der Waals surface area contributed by atoms with Gasteiger partial charge in [-0.1, -0.05) is 0 Å². The predicted molar refractivity (Wildman–Crippen MR) is 52.4 cm³/mol. The average molecular weight is 184 g/mol. The second-order valence-electron chi connectivity index (χ2n) is 4.57. The van der Waals surface area contributed by atoms with Crippen molar-refractivity contribution >= 4 is 0 Å². The normalized spacial score (nSPS) is 44.8. The molecule has 0 amide bonds. The van der Waals surface area contributed by atoms with E-state index < -0.39 is 0 Å². The van der Waals surface area contributed by atoms with Gasteiger partial charge in [-0.2, -0.15) is 0 Å². The lowest BCUT2D eigenvalue weighted by atomic mass is 9.76. The van der Waals surface area contributed by atoms with E-state index in [1.54, 1.807) is 0 Å². The number of aliphatic hydroxyl groups excluding tert-OH is 1. The standard InChI is InChI=1S/C10H20N2O/c11-10(4-8-13)3-7-12-5-1-9(10)2-6-12/h9,13H,1-8,11H2. The van der Waals surface area contributed by atoms with Gasteiger partial charge in [0.2, 0.25) is 0 Å². The molecule has 3 fully saturated rings. The molecular weight excluding hydrogens is 164 g/mol. The molecule has 0 aromatic rings. The fraction of sp³-hybridized carbons (Fsp3) is 1.00. The Morgan fingerprint density at radius 3 is 2.62 bits per heavy atom. The lowest BCUT2D eigenvalue weighted by Gasteiger charge is -2.36. The highest BCUT2D eigenvalue weighted by Gasteiger charge is 2.39. The quantitative estimate of drug-likeness (QED) is 0.644. The van der Waals surface area contributed by atoms with Crippen molar-refractivity contribution in [3.63, 3.8) is 0 Å². The van der Waals surface area contributed by atoms with Gasteiger partial charge in [-0.25, -0.2) is 0 Å². The Morgan fingerprint density at radius 2 is 2.00 bits per heavy atom. The van der Waals surface area contributed by atoms with E-state index in [2.05, 4.69) is 4.90 Å². The zero-order valence-electron chi connectivity index (χ0n) is 8.21. The number of aliphatic hydroxyl groups is 1. The molecule has 1 unspecified atom stereocenters. The summed E-state index contributed by atoms with van der Waals surface area (Å²) >= 11 is 0. The van der Waals surface area contributed by atoms with Gasteiger partial charge in [0, 0.05) is 12.1 Å². The highest BCUT2D eigenvalue weighted by molar-refractivity contribution is 4.97. The van der Waals surface area contributed by atoms with Gasteiger partial charge >= 0.3 is 0 Å². The van der Waals surface area contributed by atoms with Crippen LogP contribution in [0.4, 0.5) is 0 Å². The van der Waals surface area contributed by atoms with Crippen LogP contribution in [0, 0.1) is 5.92 Å². The molecule has 13 heavy (non-hydrogen) atoms. The van der Waals surface area contributed by atoms with Gasteiger partial charge < -0.3 is 15.7 Å². The molecule has 2 bridgehead atoms. The third-order valence-electron chi connectivity index (χ3n) is 3.87. The van der Waals surface area contributed by atoms with Crippen molar-refractivity contribution in [2.75, 3.05) is 26.2 Å². The zero-order valence-corrected chi connectivity index (χ0v) is 8.21. The van der Waals surface area contributed by atoms with E-state index in [4.69, 9.17) is 10.8 Å². The maximum absolute atomic E-state index is 9.01. The lowest BCUT2D eigenvalue weighted by molar-refractivity contribution is 0.161. The molecule has 0 aromatic carbocycles. The van der Waals surface area contributed by atoms with E-state index in [1.165, 1.54) is 25.9 Å². The van der Waals surface area contributed by atoms with Crippen LogP contribution in [-0.4, -0.2) is 41.8 Å². The minimum atomic E-state index is -0.0694. The summed E-state index contributed by atoms with van der Waals surface area (Å²) in [6.07, 6.45) is 4.32. The number of hydrogen-bond acceptors (Lipinski definition) is 3. The van der Waals surface area contributed by atoms with E-state index in [9.17, 15) is 0 Å². The monoisotopic (exact) mass is 184 g/mol. The van der Waals surface area contributed by atoms with Gasteiger partial charge in [0.25, 0.3) is 0 Å². The van der Waals surface area contributed by atoms with Crippen molar-refractivity contribution in [3.8, 4) is 0 Å². The molecule has 0 radical (unpaired) electrons. The highest BCUT2D eigenvalue weighted by atomic mass is 16.3. The fourth-order valence-electron chi connectivity index (χ4n) is 2.84. The Balaban J connectivity index is 2.09. The third kappa shape index (κ3) is 1.73. The Morgan fingerprint density at radius 1 is 1.31 bits per heavy atom. The van der Waals surface area contributed by atoms with Crippen molar-refractivity contribution in [1.29, 1.82) is 0 Å². The topological polar surface area (TPSA) is 49.5 Å². The van der Waals surface area contributed by atoms with Crippen molar-refractivity contribution in [3.05, 3.63) is 0 Å². The smallest absolute Gasteiger partial charge is 0.0448 e. The first-order valence-corrected chi connectivity index (χ1v) is 5.37. The summed E-state index contributed by atoms with van der Waals surface area (Å²) in [7, 11) is 0. The molecule has 3 aliphatic heterocycles. The first kappa shape index (κ1) is 9.44. The van der Waals surface area contributed by atoms with Crippen LogP contribution in [0.5, 0.6) is 0 Å². The van der Waals surface area contributed by atoms with Crippen LogP contribution in [-0.2, 0) is 0 Å². The minimum Gasteiger partial charge on any atom is -0.396 e. The summed E-state index contributed by atoms with van der Waals surface area (Å²) in [5.41, 5.74) is 6.29. The number of fused-ring (bicyclic) bond motifs is 4. The minimum absolute atomic E-state index is 0.0694. The molecular formula is C10H20N2O. The van der Waals surface area contributed by atoms with Crippen LogP contribution >= 0.6 is 0 Å². The van der Waals surface area contributed by atoms with Gasteiger partial charge in [0.05, 0.1) is 0 Å². The maximum Gasteiger partial charge on any atom is 0.0448 e. The van der Waals surface area contributed by atoms with E-state index >= 15 is 0 Å². The molecule has 3 aliphatic rings. The molecule has 0 saturated carbocycles. The summed E-state index contributed by atoms with van der Waals surface area (Å²) in [5.74, 6) is 0.651. The van der Waals surface area contributed by atoms with Crippen molar-refractivity contribution in [2.45, 2.75) is 31.2 Å². The van der Waals surface area contributed by atoms with Crippen LogP contribution in [0.1, 0.15) is 25.7 Å². The van der Waals surface area contributed by atoms with Crippen LogP contribution < -0.4 is 5.73 Å². The van der Waals surface area contributed by atoms with Gasteiger partial charge in [0.15, 0.2) is 0 Å². The van der Waals surface area contributed by atoms with Crippen molar-refractivity contribution in [1.82, 2.24) is 4.90 Å². The fourth-order valence-corrected chi connectivity index (χ4v) is 2.84. The molecule has 0 spiro atoms. The summed E-state index contributed by atoms with van der Waals surface area (Å²) in [5, 5.41) is 9.01. The third-order valence-corrected chi connectivity index (χ3v) is 3.87. The van der Waals surface area contributed by atoms with Crippen LogP contribution in [0.2, 0.25) is 0 Å². The summed E-state index contributed by atoms with van der Waals surface area (Å²) in [6, 6.07) is 0. The largest absolute Gasteiger partial charge is 0.396 e. The molecule has 76 valence electrons. The van der Waals surface area contributed by atoms with E-state index in [1.807, 2.05) is 0 Å². The van der Waals surface area contributed by atoms with E-state index in [-0.39, 0.29) is 12.1 Å². The highest BCUT2D eigenvalue weighted by Crippen LogP contribution is 2.35. The maximum atomic E-state index is 9.01.